The van der Waals surface area contributed by atoms with Crippen molar-refractivity contribution in [3.8, 4) is 5.75 Å². The largest absolute Gasteiger partial charge is 0.573 e. The number of benzene rings is 2. The highest BCUT2D eigenvalue weighted by Gasteiger charge is 2.31. The minimum Gasteiger partial charge on any atom is -0.427 e. The van der Waals surface area contributed by atoms with Crippen molar-refractivity contribution in [3.63, 3.8) is 0 Å². The molecule has 4 N–H and O–H groups in total. The zero-order valence-electron chi connectivity index (χ0n) is 16.4. The zero-order valence-corrected chi connectivity index (χ0v) is 16.4. The van der Waals surface area contributed by atoms with Crippen molar-refractivity contribution in [3.05, 3.63) is 65.7 Å². The lowest BCUT2D eigenvalue weighted by atomic mass is 9.69. The van der Waals surface area contributed by atoms with E-state index in [0.717, 1.165) is 17.7 Å². The molecule has 30 heavy (non-hydrogen) atoms. The number of nitrogens with one attached hydrogen (secondary N) is 2. The highest BCUT2D eigenvalue weighted by Crippen LogP contribution is 2.24. The fraction of sp³-hybridized carbons (Fsp3) is 0.350. The number of amides is 1. The van der Waals surface area contributed by atoms with Crippen molar-refractivity contribution >= 4 is 13.0 Å². The van der Waals surface area contributed by atoms with Gasteiger partial charge in [0.2, 0.25) is 5.91 Å². The maximum Gasteiger partial charge on any atom is 0.573 e. The van der Waals surface area contributed by atoms with Crippen LogP contribution in [0.2, 0.25) is 5.82 Å². The molecule has 2 rings (SSSR count). The van der Waals surface area contributed by atoms with Crippen molar-refractivity contribution in [1.29, 1.82) is 0 Å². The smallest absolute Gasteiger partial charge is 0.427 e. The van der Waals surface area contributed by atoms with Gasteiger partial charge in [-0.05, 0) is 43.1 Å². The average Bonchev–Trinajstić information content (AvgIpc) is 2.69. The Balaban J connectivity index is 1.92. The van der Waals surface area contributed by atoms with E-state index in [9.17, 15) is 28.0 Å². The molecule has 6 nitrogen and oxygen atoms in total. The molecule has 0 aliphatic heterocycles. The summed E-state index contributed by atoms with van der Waals surface area (Å²) in [5.41, 5.74) is 1.55. The molecule has 1 amide bonds. The first kappa shape index (κ1) is 23.7. The van der Waals surface area contributed by atoms with E-state index < -0.39 is 25.3 Å². The Labute approximate surface area is 173 Å². The van der Waals surface area contributed by atoms with Gasteiger partial charge in [-0.3, -0.25) is 4.79 Å². The van der Waals surface area contributed by atoms with Gasteiger partial charge >= 0.3 is 13.5 Å². The van der Waals surface area contributed by atoms with E-state index in [4.69, 9.17) is 0 Å². The highest BCUT2D eigenvalue weighted by atomic mass is 19.4. The van der Waals surface area contributed by atoms with E-state index >= 15 is 0 Å². The van der Waals surface area contributed by atoms with Crippen molar-refractivity contribution < 1.29 is 32.8 Å². The molecular formula is C20H24BF3N2O4. The minimum atomic E-state index is -4.78. The first-order valence-electron chi connectivity index (χ1n) is 9.37. The Hall–Kier alpha value is -2.56. The lowest BCUT2D eigenvalue weighted by molar-refractivity contribution is -0.274. The minimum absolute atomic E-state index is 0.00965. The average molecular weight is 424 g/mol. The van der Waals surface area contributed by atoms with Gasteiger partial charge in [-0.2, -0.15) is 0 Å². The van der Waals surface area contributed by atoms with Crippen LogP contribution in [0.25, 0.3) is 0 Å². The molecule has 2 aromatic rings. The lowest BCUT2D eigenvalue weighted by Gasteiger charge is -2.20. The number of ether oxygens (including phenoxy) is 1. The topological polar surface area (TPSA) is 90.8 Å². The fourth-order valence-corrected chi connectivity index (χ4v) is 2.94. The summed E-state index contributed by atoms with van der Waals surface area (Å²) in [6.45, 7) is -0.00965. The number of likely N-dealkylation sites (N-methyl/N-ethyl adjacent to an activating group) is 1. The molecule has 162 valence electrons. The van der Waals surface area contributed by atoms with Gasteiger partial charge in [-0.1, -0.05) is 42.5 Å². The third-order valence-corrected chi connectivity index (χ3v) is 4.56. The van der Waals surface area contributed by atoms with Crippen LogP contribution in [0.4, 0.5) is 13.2 Å². The third-order valence-electron chi connectivity index (χ3n) is 4.56. The van der Waals surface area contributed by atoms with Crippen molar-refractivity contribution in [2.45, 2.75) is 31.1 Å². The van der Waals surface area contributed by atoms with Crippen LogP contribution in [0.15, 0.2) is 54.6 Å². The standard InChI is InChI=1S/C20H24BF3N2O4/c1-25-18(12-14-5-3-2-4-6-14)19(27)26-13-16(21(28)29)11-15-7-9-17(10-8-15)30-20(22,23)24/h2-10,16,18,25,28-29H,11-13H2,1H3,(H,26,27)/t16-,18+/m1/s1. The number of hydrogen-bond donors (Lipinski definition) is 4. The highest BCUT2D eigenvalue weighted by molar-refractivity contribution is 6.43. The van der Waals surface area contributed by atoms with Gasteiger partial charge in [0.25, 0.3) is 0 Å². The van der Waals surface area contributed by atoms with Crippen LogP contribution in [-0.4, -0.2) is 49.1 Å². The second-order valence-electron chi connectivity index (χ2n) is 6.85. The van der Waals surface area contributed by atoms with Gasteiger partial charge in [0.05, 0.1) is 6.04 Å². The Morgan fingerprint density at radius 1 is 1.03 bits per heavy atom. The molecule has 2 aromatic carbocycles. The van der Waals surface area contributed by atoms with E-state index in [0.29, 0.717) is 12.0 Å². The van der Waals surface area contributed by atoms with E-state index in [1.165, 1.54) is 12.1 Å². The molecule has 2 atom stereocenters. The Morgan fingerprint density at radius 2 is 1.63 bits per heavy atom. The van der Waals surface area contributed by atoms with Gasteiger partial charge in [-0.15, -0.1) is 13.2 Å². The van der Waals surface area contributed by atoms with Gasteiger partial charge < -0.3 is 25.4 Å². The summed E-state index contributed by atoms with van der Waals surface area (Å²) >= 11 is 0. The van der Waals surface area contributed by atoms with Crippen molar-refractivity contribution in [2.24, 2.45) is 0 Å². The van der Waals surface area contributed by atoms with Crippen LogP contribution < -0.4 is 15.4 Å². The molecule has 0 aromatic heterocycles. The maximum absolute atomic E-state index is 12.5. The molecule has 0 radical (unpaired) electrons. The normalized spacial score (nSPS) is 13.4. The maximum atomic E-state index is 12.5. The van der Waals surface area contributed by atoms with Crippen LogP contribution in [0.1, 0.15) is 11.1 Å². The molecule has 0 aliphatic rings. The summed E-state index contributed by atoms with van der Waals surface area (Å²) in [5.74, 6) is -1.39. The molecule has 0 saturated heterocycles. The molecule has 0 bridgehead atoms. The first-order valence-corrected chi connectivity index (χ1v) is 9.37. The number of carbonyl (C=O) groups excluding carboxylic acids is 1. The number of halogens is 3. The monoisotopic (exact) mass is 424 g/mol. The van der Waals surface area contributed by atoms with E-state index in [-0.39, 0.29) is 24.6 Å². The molecule has 10 heteroatoms. The predicted octanol–water partition coefficient (Wildman–Crippen LogP) is 1.92. The first-order chi connectivity index (χ1) is 14.2. The van der Waals surface area contributed by atoms with Crippen LogP contribution in [0.5, 0.6) is 5.75 Å². The van der Waals surface area contributed by atoms with Crippen LogP contribution in [0.3, 0.4) is 0 Å². The van der Waals surface area contributed by atoms with Crippen LogP contribution in [-0.2, 0) is 17.6 Å². The number of alkyl halides is 3. The SMILES string of the molecule is CN[C@@H](Cc1ccccc1)C(=O)NC[C@@H](Cc1ccc(OC(F)(F)F)cc1)B(O)O. The summed E-state index contributed by atoms with van der Waals surface area (Å²) in [6.07, 6.45) is -4.16. The Bertz CT molecular complexity index is 789. The van der Waals surface area contributed by atoms with E-state index in [1.807, 2.05) is 30.3 Å². The second kappa shape index (κ2) is 11.0. The van der Waals surface area contributed by atoms with Gasteiger partial charge in [0, 0.05) is 12.4 Å². The summed E-state index contributed by atoms with van der Waals surface area (Å²) in [6, 6.07) is 14.1. The third kappa shape index (κ3) is 8.06. The summed E-state index contributed by atoms with van der Waals surface area (Å²) < 4.78 is 40.5. The Morgan fingerprint density at radius 3 is 2.17 bits per heavy atom. The molecular weight excluding hydrogens is 400 g/mol. The van der Waals surface area contributed by atoms with Crippen molar-refractivity contribution in [1.82, 2.24) is 10.6 Å². The fourth-order valence-electron chi connectivity index (χ4n) is 2.94. The predicted molar refractivity (Wildman–Crippen MR) is 107 cm³/mol. The summed E-state index contributed by atoms with van der Waals surface area (Å²) in [5, 5.41) is 24.9. The second-order valence-corrected chi connectivity index (χ2v) is 6.85. The quantitative estimate of drug-likeness (QED) is 0.438. The molecule has 0 fully saturated rings. The van der Waals surface area contributed by atoms with E-state index in [1.54, 1.807) is 7.05 Å². The zero-order chi connectivity index (χ0) is 22.1. The number of carbonyl (C=O) groups is 1. The number of rotatable bonds is 10. The molecule has 0 unspecified atom stereocenters. The van der Waals surface area contributed by atoms with Crippen molar-refractivity contribution in [2.75, 3.05) is 13.6 Å². The summed E-state index contributed by atoms with van der Waals surface area (Å²) in [7, 11) is -0.0468. The molecule has 0 saturated carbocycles. The van der Waals surface area contributed by atoms with E-state index in [2.05, 4.69) is 15.4 Å². The van der Waals surface area contributed by atoms with Gasteiger partial charge in [-0.25, -0.2) is 0 Å². The number of hydrogen-bond acceptors (Lipinski definition) is 5. The lowest BCUT2D eigenvalue weighted by Crippen LogP contribution is -2.46. The molecule has 0 heterocycles. The van der Waals surface area contributed by atoms with Gasteiger partial charge in [0.15, 0.2) is 0 Å². The van der Waals surface area contributed by atoms with Crippen LogP contribution >= 0.6 is 0 Å². The molecule has 0 aliphatic carbocycles. The Kier molecular flexibility index (Phi) is 8.70. The van der Waals surface area contributed by atoms with Crippen LogP contribution in [0, 0.1) is 0 Å². The molecule has 0 spiro atoms. The van der Waals surface area contributed by atoms with Gasteiger partial charge in [0.1, 0.15) is 5.75 Å². The summed E-state index contributed by atoms with van der Waals surface area (Å²) in [4.78, 5) is 12.5.